The van der Waals surface area contributed by atoms with E-state index in [1.54, 1.807) is 0 Å². The highest BCUT2D eigenvalue weighted by molar-refractivity contribution is 5.40. The predicted molar refractivity (Wildman–Crippen MR) is 64.8 cm³/mol. The monoisotopic (exact) mass is 217 g/mol. The molecule has 86 valence electrons. The van der Waals surface area contributed by atoms with Crippen LogP contribution in [0, 0.1) is 5.41 Å². The smallest absolute Gasteiger partial charge is 0.122 e. The molecule has 0 saturated carbocycles. The highest BCUT2D eigenvalue weighted by Gasteiger charge is 2.39. The molecule has 3 rings (SSSR count). The Morgan fingerprint density at radius 1 is 1.38 bits per heavy atom. The van der Waals surface area contributed by atoms with E-state index < -0.39 is 0 Å². The molecule has 1 aromatic rings. The van der Waals surface area contributed by atoms with Crippen molar-refractivity contribution in [3.63, 3.8) is 0 Å². The van der Waals surface area contributed by atoms with Gasteiger partial charge in [-0.15, -0.1) is 0 Å². The van der Waals surface area contributed by atoms with Crippen LogP contribution in [0.4, 0.5) is 0 Å². The summed E-state index contributed by atoms with van der Waals surface area (Å²) in [5.74, 6) is 1.09. The fourth-order valence-corrected chi connectivity index (χ4v) is 2.74. The average molecular weight is 217 g/mol. The van der Waals surface area contributed by atoms with Crippen molar-refractivity contribution in [1.82, 2.24) is 5.32 Å². The van der Waals surface area contributed by atoms with Crippen LogP contribution in [0.3, 0.4) is 0 Å². The molecule has 2 heteroatoms. The molecule has 2 aliphatic rings. The number of fused-ring (bicyclic) bond motifs is 1. The van der Waals surface area contributed by atoms with Crippen molar-refractivity contribution in [3.8, 4) is 5.75 Å². The van der Waals surface area contributed by atoms with Gasteiger partial charge >= 0.3 is 0 Å². The van der Waals surface area contributed by atoms with Crippen LogP contribution >= 0.6 is 0 Å². The van der Waals surface area contributed by atoms with Gasteiger partial charge in [0.25, 0.3) is 0 Å². The van der Waals surface area contributed by atoms with Gasteiger partial charge in [0.05, 0.1) is 6.61 Å². The number of hydrogen-bond donors (Lipinski definition) is 1. The largest absolute Gasteiger partial charge is 0.493 e. The molecule has 0 amide bonds. The topological polar surface area (TPSA) is 21.3 Å². The number of ether oxygens (including phenoxy) is 1. The standard InChI is InChI=1S/C14H19NO/c1-14(2)9-15-13(14)11-5-6-12-10(8-11)4-3-7-16-12/h5-6,8,13,15H,3-4,7,9H2,1-2H3. The van der Waals surface area contributed by atoms with E-state index in [-0.39, 0.29) is 0 Å². The average Bonchev–Trinajstić information content (AvgIpc) is 2.28. The quantitative estimate of drug-likeness (QED) is 0.781. The second-order valence-electron chi connectivity index (χ2n) is 5.62. The minimum Gasteiger partial charge on any atom is -0.493 e. The van der Waals surface area contributed by atoms with Gasteiger partial charge in [-0.1, -0.05) is 26.0 Å². The fraction of sp³-hybridized carbons (Fsp3) is 0.571. The van der Waals surface area contributed by atoms with Crippen LogP contribution in [0.2, 0.25) is 0 Å². The number of benzene rings is 1. The van der Waals surface area contributed by atoms with E-state index in [1.807, 2.05) is 0 Å². The summed E-state index contributed by atoms with van der Waals surface area (Å²) in [5, 5.41) is 3.52. The molecule has 1 N–H and O–H groups in total. The summed E-state index contributed by atoms with van der Waals surface area (Å²) in [6.07, 6.45) is 2.31. The van der Waals surface area contributed by atoms with Crippen LogP contribution < -0.4 is 10.1 Å². The molecule has 1 atom stereocenters. The lowest BCUT2D eigenvalue weighted by molar-refractivity contribution is 0.128. The number of nitrogens with one attached hydrogen (secondary N) is 1. The summed E-state index contributed by atoms with van der Waals surface area (Å²) in [4.78, 5) is 0. The van der Waals surface area contributed by atoms with Crippen molar-refractivity contribution in [2.75, 3.05) is 13.2 Å². The molecule has 1 fully saturated rings. The van der Waals surface area contributed by atoms with Gasteiger partial charge in [-0.2, -0.15) is 0 Å². The molecular formula is C14H19NO. The summed E-state index contributed by atoms with van der Waals surface area (Å²) in [5.41, 5.74) is 3.19. The van der Waals surface area contributed by atoms with E-state index >= 15 is 0 Å². The Labute approximate surface area is 97.0 Å². The zero-order valence-corrected chi connectivity index (χ0v) is 10.0. The Morgan fingerprint density at radius 3 is 2.94 bits per heavy atom. The zero-order chi connectivity index (χ0) is 11.2. The number of hydrogen-bond acceptors (Lipinski definition) is 2. The first kappa shape index (κ1) is 10.2. The van der Waals surface area contributed by atoms with Crippen LogP contribution in [0.25, 0.3) is 0 Å². The van der Waals surface area contributed by atoms with Gasteiger partial charge < -0.3 is 10.1 Å². The third-order valence-electron chi connectivity index (χ3n) is 3.81. The van der Waals surface area contributed by atoms with E-state index in [9.17, 15) is 0 Å². The second-order valence-corrected chi connectivity index (χ2v) is 5.62. The van der Waals surface area contributed by atoms with Gasteiger partial charge in [0.1, 0.15) is 5.75 Å². The van der Waals surface area contributed by atoms with E-state index in [1.165, 1.54) is 11.1 Å². The normalized spacial score (nSPS) is 26.5. The van der Waals surface area contributed by atoms with E-state index in [0.29, 0.717) is 11.5 Å². The lowest BCUT2D eigenvalue weighted by Gasteiger charge is -2.46. The van der Waals surface area contributed by atoms with Crippen molar-refractivity contribution in [1.29, 1.82) is 0 Å². The molecule has 0 bridgehead atoms. The van der Waals surface area contributed by atoms with Gasteiger partial charge in [0.15, 0.2) is 0 Å². The first-order valence-electron chi connectivity index (χ1n) is 6.16. The van der Waals surface area contributed by atoms with E-state index in [0.717, 1.165) is 31.7 Å². The third-order valence-corrected chi connectivity index (χ3v) is 3.81. The Kier molecular flexibility index (Phi) is 2.21. The Hall–Kier alpha value is -1.02. The molecule has 1 unspecified atom stereocenters. The van der Waals surface area contributed by atoms with E-state index in [2.05, 4.69) is 37.4 Å². The van der Waals surface area contributed by atoms with Gasteiger partial charge in [-0.05, 0) is 35.4 Å². The maximum atomic E-state index is 5.64. The first-order valence-corrected chi connectivity index (χ1v) is 6.16. The zero-order valence-electron chi connectivity index (χ0n) is 10.0. The van der Waals surface area contributed by atoms with Crippen molar-refractivity contribution in [3.05, 3.63) is 29.3 Å². The van der Waals surface area contributed by atoms with Crippen molar-refractivity contribution < 1.29 is 4.74 Å². The molecule has 1 saturated heterocycles. The molecule has 16 heavy (non-hydrogen) atoms. The minimum absolute atomic E-state index is 0.393. The summed E-state index contributed by atoms with van der Waals surface area (Å²) < 4.78 is 5.64. The van der Waals surface area contributed by atoms with Crippen LogP contribution in [-0.4, -0.2) is 13.2 Å². The molecule has 0 spiro atoms. The molecule has 2 aliphatic heterocycles. The lowest BCUT2D eigenvalue weighted by Crippen LogP contribution is -2.52. The fourth-order valence-electron chi connectivity index (χ4n) is 2.74. The van der Waals surface area contributed by atoms with Gasteiger partial charge in [0.2, 0.25) is 0 Å². The molecule has 0 aromatic heterocycles. The minimum atomic E-state index is 0.393. The van der Waals surface area contributed by atoms with Gasteiger partial charge in [-0.25, -0.2) is 0 Å². The van der Waals surface area contributed by atoms with E-state index in [4.69, 9.17) is 4.74 Å². The van der Waals surface area contributed by atoms with Gasteiger partial charge in [-0.3, -0.25) is 0 Å². The lowest BCUT2D eigenvalue weighted by atomic mass is 9.73. The maximum absolute atomic E-state index is 5.64. The summed E-state index contributed by atoms with van der Waals surface area (Å²) in [6.45, 7) is 6.64. The van der Waals surface area contributed by atoms with Crippen LogP contribution in [-0.2, 0) is 6.42 Å². The SMILES string of the molecule is CC1(C)CNC1c1ccc2c(c1)CCCO2. The predicted octanol–water partition coefficient (Wildman–Crippen LogP) is 2.68. The van der Waals surface area contributed by atoms with Gasteiger partial charge in [0, 0.05) is 12.6 Å². The van der Waals surface area contributed by atoms with Crippen LogP contribution in [0.15, 0.2) is 18.2 Å². The highest BCUT2D eigenvalue weighted by Crippen LogP contribution is 2.41. The highest BCUT2D eigenvalue weighted by atomic mass is 16.5. The molecule has 2 heterocycles. The molecule has 0 aliphatic carbocycles. The molecule has 2 nitrogen and oxygen atoms in total. The van der Waals surface area contributed by atoms with Crippen LogP contribution in [0.5, 0.6) is 5.75 Å². The second kappa shape index (κ2) is 3.49. The Morgan fingerprint density at radius 2 is 2.25 bits per heavy atom. The maximum Gasteiger partial charge on any atom is 0.122 e. The molecular weight excluding hydrogens is 198 g/mol. The summed E-state index contributed by atoms with van der Waals surface area (Å²) >= 11 is 0. The Bertz CT molecular complexity index is 411. The number of rotatable bonds is 1. The first-order chi connectivity index (χ1) is 7.67. The Balaban J connectivity index is 1.91. The third kappa shape index (κ3) is 1.52. The van der Waals surface area contributed by atoms with Crippen molar-refractivity contribution in [2.45, 2.75) is 32.7 Å². The molecule has 0 radical (unpaired) electrons. The summed E-state index contributed by atoms with van der Waals surface area (Å²) in [7, 11) is 0. The van der Waals surface area contributed by atoms with Crippen molar-refractivity contribution in [2.24, 2.45) is 5.41 Å². The molecule has 1 aromatic carbocycles. The summed E-state index contributed by atoms with van der Waals surface area (Å²) in [6, 6.07) is 7.19. The van der Waals surface area contributed by atoms with Crippen LogP contribution in [0.1, 0.15) is 37.4 Å². The number of aryl methyl sites for hydroxylation is 1. The van der Waals surface area contributed by atoms with Crippen molar-refractivity contribution >= 4 is 0 Å².